The summed E-state index contributed by atoms with van der Waals surface area (Å²) in [5.74, 6) is 0.556. The summed E-state index contributed by atoms with van der Waals surface area (Å²) < 4.78 is 0. The number of aromatic nitrogens is 4. The van der Waals surface area contributed by atoms with Crippen LogP contribution in [0.4, 0.5) is 5.69 Å². The Morgan fingerprint density at radius 2 is 1.85 bits per heavy atom. The Balaban J connectivity index is 1.35. The van der Waals surface area contributed by atoms with E-state index in [1.54, 1.807) is 18.5 Å². The van der Waals surface area contributed by atoms with E-state index in [1.165, 1.54) is 12.1 Å². The van der Waals surface area contributed by atoms with E-state index >= 15 is 0 Å². The number of nitrogens with one attached hydrogen (secondary N) is 1. The highest BCUT2D eigenvalue weighted by Gasteiger charge is 2.22. The van der Waals surface area contributed by atoms with E-state index in [0.717, 1.165) is 23.5 Å². The number of benzene rings is 1. The van der Waals surface area contributed by atoms with Crippen molar-refractivity contribution in [2.75, 3.05) is 6.54 Å². The van der Waals surface area contributed by atoms with Gasteiger partial charge >= 0.3 is 0 Å². The number of nitrogens with zero attached hydrogens (tertiary/aromatic N) is 5. The molecule has 9 nitrogen and oxygen atoms in total. The van der Waals surface area contributed by atoms with E-state index < -0.39 is 4.92 Å². The van der Waals surface area contributed by atoms with Crippen LogP contribution in [0.15, 0.2) is 71.8 Å². The van der Waals surface area contributed by atoms with Crippen LogP contribution < -0.4 is 5.56 Å². The van der Waals surface area contributed by atoms with Gasteiger partial charge in [-0.1, -0.05) is 18.2 Å². The Morgan fingerprint density at radius 3 is 2.67 bits per heavy atom. The molecular formula is C24H20N6O3. The second-order valence-corrected chi connectivity index (χ2v) is 7.86. The largest absolute Gasteiger partial charge is 0.306 e. The van der Waals surface area contributed by atoms with Crippen molar-refractivity contribution in [2.24, 2.45) is 0 Å². The molecule has 4 aromatic rings. The van der Waals surface area contributed by atoms with Gasteiger partial charge in [0.15, 0.2) is 0 Å². The number of pyridine rings is 2. The molecule has 0 fully saturated rings. The van der Waals surface area contributed by atoms with Crippen LogP contribution in [-0.2, 0) is 19.5 Å². The van der Waals surface area contributed by atoms with Gasteiger partial charge in [-0.05, 0) is 24.3 Å². The smallest absolute Gasteiger partial charge is 0.270 e. The van der Waals surface area contributed by atoms with Gasteiger partial charge < -0.3 is 4.98 Å². The molecule has 0 amide bonds. The van der Waals surface area contributed by atoms with Gasteiger partial charge in [-0.2, -0.15) is 0 Å². The highest BCUT2D eigenvalue weighted by atomic mass is 16.6. The van der Waals surface area contributed by atoms with Crippen molar-refractivity contribution in [3.05, 3.63) is 104 Å². The van der Waals surface area contributed by atoms with Crippen molar-refractivity contribution in [2.45, 2.75) is 19.5 Å². The third-order valence-corrected chi connectivity index (χ3v) is 5.65. The molecule has 0 saturated carbocycles. The van der Waals surface area contributed by atoms with Gasteiger partial charge in [-0.25, -0.2) is 4.98 Å². The molecule has 0 radical (unpaired) electrons. The van der Waals surface area contributed by atoms with Gasteiger partial charge in [0, 0.05) is 61.7 Å². The van der Waals surface area contributed by atoms with Crippen LogP contribution in [0, 0.1) is 10.1 Å². The highest BCUT2D eigenvalue weighted by molar-refractivity contribution is 5.62. The van der Waals surface area contributed by atoms with Gasteiger partial charge in [-0.3, -0.25) is 29.8 Å². The molecule has 0 atom stereocenters. The summed E-state index contributed by atoms with van der Waals surface area (Å²) >= 11 is 0. The fourth-order valence-corrected chi connectivity index (χ4v) is 4.00. The SMILES string of the molecule is O=c1[nH]c(-c2ccncc2)nc2c1CN(Cc1cccc(-c3cccc([N+](=O)[O-])c3)n1)CC2. The average molecular weight is 440 g/mol. The van der Waals surface area contributed by atoms with Crippen molar-refractivity contribution in [1.29, 1.82) is 0 Å². The minimum atomic E-state index is -0.413. The number of nitro groups is 1. The number of nitro benzene ring substituents is 1. The molecule has 3 aromatic heterocycles. The second kappa shape index (κ2) is 8.71. The molecular weight excluding hydrogens is 420 g/mol. The number of aromatic amines is 1. The average Bonchev–Trinajstić information content (AvgIpc) is 2.85. The van der Waals surface area contributed by atoms with E-state index in [0.29, 0.717) is 42.2 Å². The third-order valence-electron chi connectivity index (χ3n) is 5.65. The van der Waals surface area contributed by atoms with Gasteiger partial charge in [0.25, 0.3) is 11.2 Å². The zero-order valence-electron chi connectivity index (χ0n) is 17.6. The summed E-state index contributed by atoms with van der Waals surface area (Å²) in [5, 5.41) is 11.1. The van der Waals surface area contributed by atoms with Crippen LogP contribution in [0.5, 0.6) is 0 Å². The zero-order chi connectivity index (χ0) is 22.8. The van der Waals surface area contributed by atoms with Crippen molar-refractivity contribution < 1.29 is 4.92 Å². The Kier molecular flexibility index (Phi) is 5.45. The first-order valence-electron chi connectivity index (χ1n) is 10.5. The van der Waals surface area contributed by atoms with E-state index in [4.69, 9.17) is 4.98 Å². The summed E-state index contributed by atoms with van der Waals surface area (Å²) in [6, 6.07) is 15.7. The summed E-state index contributed by atoms with van der Waals surface area (Å²) in [5.41, 5.74) is 4.43. The van der Waals surface area contributed by atoms with E-state index in [2.05, 4.69) is 19.9 Å². The molecule has 0 unspecified atom stereocenters. The molecule has 0 bridgehead atoms. The highest BCUT2D eigenvalue weighted by Crippen LogP contribution is 2.24. The lowest BCUT2D eigenvalue weighted by Crippen LogP contribution is -2.35. The molecule has 1 aromatic carbocycles. The number of H-pyrrole nitrogens is 1. The molecule has 0 saturated heterocycles. The van der Waals surface area contributed by atoms with Crippen molar-refractivity contribution >= 4 is 5.69 Å². The Labute approximate surface area is 189 Å². The number of hydrogen-bond acceptors (Lipinski definition) is 7. The number of fused-ring (bicyclic) bond motifs is 1. The Hall–Kier alpha value is -4.24. The molecule has 4 heterocycles. The maximum absolute atomic E-state index is 12.8. The molecule has 0 spiro atoms. The number of rotatable bonds is 5. The van der Waals surface area contributed by atoms with Gasteiger partial charge in [-0.15, -0.1) is 0 Å². The van der Waals surface area contributed by atoms with Crippen LogP contribution in [0.1, 0.15) is 17.0 Å². The fraction of sp³-hybridized carbons (Fsp3) is 0.167. The molecule has 5 rings (SSSR count). The zero-order valence-corrected chi connectivity index (χ0v) is 17.6. The standard InChI is InChI=1S/C24H20N6O3/c31-24-20-15-29(12-9-22(20)27-23(28-24)16-7-10-25-11-8-16)14-18-4-2-6-21(26-18)17-3-1-5-19(13-17)30(32)33/h1-8,10-11,13H,9,12,14-15H2,(H,27,28,31). The predicted octanol–water partition coefficient (Wildman–Crippen LogP) is 3.36. The van der Waals surface area contributed by atoms with Crippen LogP contribution in [-0.4, -0.2) is 36.3 Å². The fourth-order valence-electron chi connectivity index (χ4n) is 4.00. The van der Waals surface area contributed by atoms with Crippen molar-refractivity contribution in [3.63, 3.8) is 0 Å². The van der Waals surface area contributed by atoms with Gasteiger partial charge in [0.05, 0.1) is 27.6 Å². The third kappa shape index (κ3) is 4.39. The summed E-state index contributed by atoms with van der Waals surface area (Å²) in [6.07, 6.45) is 4.01. The summed E-state index contributed by atoms with van der Waals surface area (Å²) in [7, 11) is 0. The van der Waals surface area contributed by atoms with E-state index in [-0.39, 0.29) is 11.2 Å². The first kappa shape index (κ1) is 20.7. The van der Waals surface area contributed by atoms with Crippen LogP contribution in [0.3, 0.4) is 0 Å². The van der Waals surface area contributed by atoms with E-state index in [9.17, 15) is 14.9 Å². The molecule has 33 heavy (non-hydrogen) atoms. The minimum absolute atomic E-state index is 0.0326. The Bertz CT molecular complexity index is 1390. The van der Waals surface area contributed by atoms with Crippen molar-refractivity contribution in [1.82, 2.24) is 24.8 Å². The normalized spacial score (nSPS) is 13.5. The van der Waals surface area contributed by atoms with Crippen LogP contribution in [0.2, 0.25) is 0 Å². The topological polar surface area (TPSA) is 118 Å². The quantitative estimate of drug-likeness (QED) is 0.373. The number of non-ortho nitro benzene ring substituents is 1. The monoisotopic (exact) mass is 440 g/mol. The van der Waals surface area contributed by atoms with Crippen molar-refractivity contribution in [3.8, 4) is 22.6 Å². The molecule has 1 aliphatic rings. The summed E-state index contributed by atoms with van der Waals surface area (Å²) in [4.78, 5) is 41.9. The molecule has 0 aliphatic carbocycles. The Morgan fingerprint density at radius 1 is 1.03 bits per heavy atom. The molecule has 1 N–H and O–H groups in total. The number of hydrogen-bond donors (Lipinski definition) is 1. The van der Waals surface area contributed by atoms with Gasteiger partial charge in [0.1, 0.15) is 5.82 Å². The van der Waals surface area contributed by atoms with Crippen LogP contribution in [0.25, 0.3) is 22.6 Å². The second-order valence-electron chi connectivity index (χ2n) is 7.86. The van der Waals surface area contributed by atoms with E-state index in [1.807, 2.05) is 36.4 Å². The lowest BCUT2D eigenvalue weighted by atomic mass is 10.1. The first-order chi connectivity index (χ1) is 16.1. The molecule has 9 heteroatoms. The van der Waals surface area contributed by atoms with Gasteiger partial charge in [0.2, 0.25) is 0 Å². The summed E-state index contributed by atoms with van der Waals surface area (Å²) in [6.45, 7) is 1.80. The maximum atomic E-state index is 12.8. The van der Waals surface area contributed by atoms with Crippen LogP contribution >= 0.6 is 0 Å². The lowest BCUT2D eigenvalue weighted by molar-refractivity contribution is -0.384. The molecule has 1 aliphatic heterocycles. The minimum Gasteiger partial charge on any atom is -0.306 e. The first-order valence-corrected chi connectivity index (χ1v) is 10.5. The molecule has 164 valence electrons. The maximum Gasteiger partial charge on any atom is 0.270 e. The predicted molar refractivity (Wildman–Crippen MR) is 122 cm³/mol. The lowest BCUT2D eigenvalue weighted by Gasteiger charge is -2.27.